The number of carboxylic acid groups (broad SMARTS) is 1. The molecule has 4 nitrogen and oxygen atoms in total. The van der Waals surface area contributed by atoms with Crippen molar-refractivity contribution in [2.75, 3.05) is 0 Å². The number of hydrogen-bond donors (Lipinski definition) is 1. The van der Waals surface area contributed by atoms with Crippen LogP contribution in [-0.2, 0) is 24.2 Å². The number of aromatic nitrogens is 2. The van der Waals surface area contributed by atoms with E-state index >= 15 is 0 Å². The van der Waals surface area contributed by atoms with E-state index in [2.05, 4.69) is 63.3 Å². The van der Waals surface area contributed by atoms with E-state index in [1.54, 1.807) is 23.6 Å². The maximum Gasteiger partial charge on any atom is 0.332 e. The van der Waals surface area contributed by atoms with Gasteiger partial charge in [-0.3, -0.25) is 0 Å². The Hall–Kier alpha value is -1.93. The number of aliphatic carboxylic acids is 1. The molecule has 0 spiro atoms. The van der Waals surface area contributed by atoms with Crippen LogP contribution in [-0.4, -0.2) is 20.6 Å². The lowest BCUT2D eigenvalue weighted by Gasteiger charge is -2.11. The highest BCUT2D eigenvalue weighted by Crippen LogP contribution is 2.20. The molecule has 0 aliphatic carbocycles. The number of carbonyl (C=O) groups is 1. The lowest BCUT2D eigenvalue weighted by molar-refractivity contribution is -0.132. The molecule has 0 atom stereocenters. The second-order valence-corrected chi connectivity index (χ2v) is 8.92. The van der Waals surface area contributed by atoms with Gasteiger partial charge in [-0.2, -0.15) is 0 Å². The monoisotopic (exact) mass is 506 g/mol. The van der Waals surface area contributed by atoms with Crippen LogP contribution in [0.2, 0.25) is 0 Å². The predicted molar refractivity (Wildman–Crippen MR) is 123 cm³/mol. The molecule has 28 heavy (non-hydrogen) atoms. The van der Waals surface area contributed by atoms with E-state index in [1.165, 1.54) is 9.13 Å². The van der Waals surface area contributed by atoms with Gasteiger partial charge in [0.25, 0.3) is 0 Å². The molecule has 2 heterocycles. The minimum absolute atomic E-state index is 0.383. The van der Waals surface area contributed by atoms with E-state index < -0.39 is 5.97 Å². The van der Waals surface area contributed by atoms with E-state index in [-0.39, 0.29) is 0 Å². The summed E-state index contributed by atoms with van der Waals surface area (Å²) < 4.78 is 3.34. The third kappa shape index (κ3) is 5.54. The lowest BCUT2D eigenvalue weighted by atomic mass is 10.1. The van der Waals surface area contributed by atoms with Gasteiger partial charge in [-0.05, 0) is 64.2 Å². The van der Waals surface area contributed by atoms with Gasteiger partial charge in [-0.15, -0.1) is 11.3 Å². The molecular formula is C22H23IN2O2S. The Kier molecular flexibility index (Phi) is 7.44. The maximum absolute atomic E-state index is 11.8. The third-order valence-electron chi connectivity index (χ3n) is 4.52. The molecule has 0 saturated carbocycles. The van der Waals surface area contributed by atoms with Crippen LogP contribution in [0.5, 0.6) is 0 Å². The zero-order valence-electron chi connectivity index (χ0n) is 15.8. The molecule has 0 aliphatic heterocycles. The number of benzene rings is 1. The molecule has 0 bridgehead atoms. The van der Waals surface area contributed by atoms with E-state index in [4.69, 9.17) is 0 Å². The van der Waals surface area contributed by atoms with E-state index in [0.717, 1.165) is 35.7 Å². The summed E-state index contributed by atoms with van der Waals surface area (Å²) in [4.78, 5) is 17.5. The summed E-state index contributed by atoms with van der Waals surface area (Å²) in [6.45, 7) is 2.85. The molecule has 3 aromatic rings. The molecule has 1 N–H and O–H groups in total. The van der Waals surface area contributed by atoms with Crippen molar-refractivity contribution in [1.82, 2.24) is 9.55 Å². The number of thiophene rings is 1. The molecule has 0 amide bonds. The van der Waals surface area contributed by atoms with Crippen LogP contribution in [0, 0.1) is 3.57 Å². The van der Waals surface area contributed by atoms with Crippen LogP contribution in [0.3, 0.4) is 0 Å². The standard InChI is InChI=1S/C22H23IN2O2S/c1-2-3-6-21-24-14-19(25(21)15-16-7-9-18(23)10-8-16)12-17(22(26)27)13-20-5-4-11-28-20/h4-5,7-12,14H,2-3,6,13,15H2,1H3,(H,26,27)/b17-12+. The zero-order chi connectivity index (χ0) is 19.9. The molecule has 0 unspecified atom stereocenters. The largest absolute Gasteiger partial charge is 0.478 e. The van der Waals surface area contributed by atoms with Gasteiger partial charge < -0.3 is 9.67 Å². The van der Waals surface area contributed by atoms with Crippen LogP contribution in [0.1, 0.15) is 41.7 Å². The van der Waals surface area contributed by atoms with Gasteiger partial charge in [0.2, 0.25) is 0 Å². The van der Waals surface area contributed by atoms with Gasteiger partial charge >= 0.3 is 5.97 Å². The highest BCUT2D eigenvalue weighted by molar-refractivity contribution is 14.1. The Morgan fingerprint density at radius 1 is 1.29 bits per heavy atom. The first-order valence-electron chi connectivity index (χ1n) is 9.32. The molecule has 2 aromatic heterocycles. The smallest absolute Gasteiger partial charge is 0.332 e. The van der Waals surface area contributed by atoms with Crippen molar-refractivity contribution in [3.05, 3.63) is 79.1 Å². The number of rotatable bonds is 9. The second-order valence-electron chi connectivity index (χ2n) is 6.65. The summed E-state index contributed by atoms with van der Waals surface area (Å²) >= 11 is 3.87. The summed E-state index contributed by atoms with van der Waals surface area (Å²) in [5.41, 5.74) is 2.41. The lowest BCUT2D eigenvalue weighted by Crippen LogP contribution is -2.09. The SMILES string of the molecule is CCCCc1ncc(/C=C(\Cc2cccs2)C(=O)O)n1Cc1ccc(I)cc1. The summed E-state index contributed by atoms with van der Waals surface area (Å²) in [5, 5.41) is 11.7. The van der Waals surface area contributed by atoms with Crippen molar-refractivity contribution in [1.29, 1.82) is 0 Å². The molecule has 0 radical (unpaired) electrons. The summed E-state index contributed by atoms with van der Waals surface area (Å²) in [7, 11) is 0. The fraction of sp³-hybridized carbons (Fsp3) is 0.273. The molecule has 1 aromatic carbocycles. The van der Waals surface area contributed by atoms with Crippen molar-refractivity contribution < 1.29 is 9.90 Å². The Bertz CT molecular complexity index is 944. The van der Waals surface area contributed by atoms with Gasteiger partial charge in [0, 0.05) is 33.4 Å². The molecule has 0 aliphatic rings. The average molecular weight is 506 g/mol. The summed E-state index contributed by atoms with van der Waals surface area (Å²) in [5.74, 6) is 0.123. The van der Waals surface area contributed by atoms with Crippen LogP contribution < -0.4 is 0 Å². The molecule has 6 heteroatoms. The first kappa shape index (κ1) is 20.8. The normalized spacial score (nSPS) is 11.7. The quantitative estimate of drug-likeness (QED) is 0.302. The maximum atomic E-state index is 11.8. The number of hydrogen-bond acceptors (Lipinski definition) is 3. The topological polar surface area (TPSA) is 55.1 Å². The number of aryl methyl sites for hydroxylation is 1. The minimum Gasteiger partial charge on any atom is -0.478 e. The summed E-state index contributed by atoms with van der Waals surface area (Å²) in [6.07, 6.45) is 7.05. The Morgan fingerprint density at radius 3 is 2.71 bits per heavy atom. The fourth-order valence-corrected chi connectivity index (χ4v) is 4.09. The first-order valence-corrected chi connectivity index (χ1v) is 11.3. The molecule has 0 saturated heterocycles. The van der Waals surface area contributed by atoms with Crippen molar-refractivity contribution in [2.45, 2.75) is 39.2 Å². The van der Waals surface area contributed by atoms with Gasteiger partial charge in [0.15, 0.2) is 0 Å². The van der Waals surface area contributed by atoms with Gasteiger partial charge in [0.05, 0.1) is 11.9 Å². The van der Waals surface area contributed by atoms with Crippen LogP contribution in [0.25, 0.3) is 6.08 Å². The van der Waals surface area contributed by atoms with Crippen LogP contribution in [0.4, 0.5) is 0 Å². The fourth-order valence-electron chi connectivity index (χ4n) is 3.00. The average Bonchev–Trinajstić information content (AvgIpc) is 3.32. The Labute approximate surface area is 183 Å². The van der Waals surface area contributed by atoms with Crippen LogP contribution >= 0.6 is 33.9 Å². The zero-order valence-corrected chi connectivity index (χ0v) is 18.7. The first-order chi connectivity index (χ1) is 13.6. The second kappa shape index (κ2) is 10.0. The summed E-state index contributed by atoms with van der Waals surface area (Å²) in [6, 6.07) is 12.3. The molecule has 3 rings (SSSR count). The number of imidazole rings is 1. The van der Waals surface area contributed by atoms with Crippen molar-refractivity contribution in [2.24, 2.45) is 0 Å². The number of halogens is 1. The van der Waals surface area contributed by atoms with Gasteiger partial charge in [0.1, 0.15) is 5.82 Å². The predicted octanol–water partition coefficient (Wildman–Crippen LogP) is 5.65. The van der Waals surface area contributed by atoms with Gasteiger partial charge in [-0.25, -0.2) is 9.78 Å². The number of carboxylic acids is 1. The molecular weight excluding hydrogens is 483 g/mol. The van der Waals surface area contributed by atoms with Crippen molar-refractivity contribution >= 4 is 46.0 Å². The van der Waals surface area contributed by atoms with E-state index in [0.29, 0.717) is 18.5 Å². The van der Waals surface area contributed by atoms with Crippen LogP contribution in [0.15, 0.2) is 53.5 Å². The molecule has 146 valence electrons. The van der Waals surface area contributed by atoms with E-state index in [1.807, 2.05) is 17.5 Å². The minimum atomic E-state index is -0.884. The highest BCUT2D eigenvalue weighted by atomic mass is 127. The van der Waals surface area contributed by atoms with Crippen molar-refractivity contribution in [3.8, 4) is 0 Å². The number of nitrogens with zero attached hydrogens (tertiary/aromatic N) is 2. The van der Waals surface area contributed by atoms with Gasteiger partial charge in [-0.1, -0.05) is 31.5 Å². The third-order valence-corrected chi connectivity index (χ3v) is 6.11. The Balaban J connectivity index is 1.94. The highest BCUT2D eigenvalue weighted by Gasteiger charge is 2.14. The Morgan fingerprint density at radius 2 is 2.07 bits per heavy atom. The molecule has 0 fully saturated rings. The number of unbranched alkanes of at least 4 members (excludes halogenated alkanes) is 1. The van der Waals surface area contributed by atoms with Crippen molar-refractivity contribution in [3.63, 3.8) is 0 Å². The van der Waals surface area contributed by atoms with E-state index in [9.17, 15) is 9.90 Å².